The fourth-order valence-electron chi connectivity index (χ4n) is 3.12. The molecule has 0 saturated heterocycles. The molecule has 0 spiro atoms. The number of hydrogen-bond acceptors (Lipinski definition) is 3. The van der Waals surface area contributed by atoms with Crippen molar-refractivity contribution in [1.29, 1.82) is 0 Å². The van der Waals surface area contributed by atoms with Gasteiger partial charge >= 0.3 is 12.2 Å². The lowest BCUT2D eigenvalue weighted by Gasteiger charge is -2.25. The van der Waals surface area contributed by atoms with Gasteiger partial charge in [-0.3, -0.25) is 0 Å². The zero-order valence-electron chi connectivity index (χ0n) is 16.2. The van der Waals surface area contributed by atoms with Crippen LogP contribution in [0.3, 0.4) is 0 Å². The molecule has 0 bridgehead atoms. The van der Waals surface area contributed by atoms with Gasteiger partial charge in [-0.25, -0.2) is 4.79 Å². The van der Waals surface area contributed by atoms with E-state index in [4.69, 9.17) is 9.47 Å². The molecule has 0 aliphatic carbocycles. The van der Waals surface area contributed by atoms with Gasteiger partial charge in [-0.2, -0.15) is 13.2 Å². The van der Waals surface area contributed by atoms with Crippen LogP contribution in [0.15, 0.2) is 42.5 Å². The van der Waals surface area contributed by atoms with Gasteiger partial charge < -0.3 is 20.1 Å². The van der Waals surface area contributed by atoms with Crippen molar-refractivity contribution < 1.29 is 27.4 Å². The molecular formula is C21H23F3N2O3. The van der Waals surface area contributed by atoms with Crippen molar-refractivity contribution in [3.05, 3.63) is 59.2 Å². The first-order valence-corrected chi connectivity index (χ1v) is 9.34. The topological polar surface area (TPSA) is 59.6 Å². The maximum Gasteiger partial charge on any atom is 0.416 e. The van der Waals surface area contributed by atoms with E-state index in [-0.39, 0.29) is 18.5 Å². The van der Waals surface area contributed by atoms with Gasteiger partial charge in [0, 0.05) is 6.54 Å². The maximum absolute atomic E-state index is 12.8. The quantitative estimate of drug-likeness (QED) is 0.756. The molecule has 2 amide bonds. The number of carbonyl (C=O) groups excluding carboxylic acids is 1. The Morgan fingerprint density at radius 3 is 2.48 bits per heavy atom. The van der Waals surface area contributed by atoms with Gasteiger partial charge in [0.2, 0.25) is 0 Å². The lowest BCUT2D eigenvalue weighted by Crippen LogP contribution is -2.39. The summed E-state index contributed by atoms with van der Waals surface area (Å²) in [7, 11) is 0. The summed E-state index contributed by atoms with van der Waals surface area (Å²) in [5.41, 5.74) is 0.488. The minimum absolute atomic E-state index is 0.0122. The molecule has 29 heavy (non-hydrogen) atoms. The van der Waals surface area contributed by atoms with Crippen LogP contribution in [-0.4, -0.2) is 19.2 Å². The molecule has 1 unspecified atom stereocenters. The van der Waals surface area contributed by atoms with Gasteiger partial charge in [0.1, 0.15) is 13.2 Å². The van der Waals surface area contributed by atoms with Crippen LogP contribution in [-0.2, 0) is 12.7 Å². The Balaban J connectivity index is 1.65. The van der Waals surface area contributed by atoms with E-state index in [1.54, 1.807) is 6.07 Å². The Morgan fingerprint density at radius 1 is 1.07 bits per heavy atom. The number of carbonyl (C=O) groups is 1. The Labute approximate surface area is 167 Å². The fraction of sp³-hybridized carbons (Fsp3) is 0.381. The van der Waals surface area contributed by atoms with Crippen LogP contribution >= 0.6 is 0 Å². The zero-order valence-corrected chi connectivity index (χ0v) is 16.2. The molecule has 0 saturated carbocycles. The molecule has 5 nitrogen and oxygen atoms in total. The average molecular weight is 408 g/mol. The molecule has 0 radical (unpaired) electrons. The zero-order chi connectivity index (χ0) is 21.0. The van der Waals surface area contributed by atoms with Crippen molar-refractivity contribution in [1.82, 2.24) is 10.6 Å². The van der Waals surface area contributed by atoms with Gasteiger partial charge in [0.25, 0.3) is 0 Å². The minimum atomic E-state index is -4.42. The molecular weight excluding hydrogens is 385 g/mol. The Kier molecular flexibility index (Phi) is 6.20. The van der Waals surface area contributed by atoms with E-state index in [9.17, 15) is 18.0 Å². The third-order valence-electron chi connectivity index (χ3n) is 4.59. The summed E-state index contributed by atoms with van der Waals surface area (Å²) in [6.45, 7) is 4.88. The Bertz CT molecular complexity index is 868. The number of nitrogens with one attached hydrogen (secondary N) is 2. The van der Waals surface area contributed by atoms with Crippen molar-refractivity contribution in [3.63, 3.8) is 0 Å². The second-order valence-electron chi connectivity index (χ2n) is 7.15. The monoisotopic (exact) mass is 408 g/mol. The summed E-state index contributed by atoms with van der Waals surface area (Å²) >= 11 is 0. The number of halogens is 3. The number of hydrogen-bond donors (Lipinski definition) is 2. The Hall–Kier alpha value is -2.90. The van der Waals surface area contributed by atoms with Gasteiger partial charge in [-0.15, -0.1) is 0 Å². The van der Waals surface area contributed by atoms with Gasteiger partial charge in [0.05, 0.1) is 11.6 Å². The highest BCUT2D eigenvalue weighted by molar-refractivity contribution is 5.74. The first-order valence-electron chi connectivity index (χ1n) is 9.34. The first kappa shape index (κ1) is 20.8. The molecule has 0 fully saturated rings. The highest BCUT2D eigenvalue weighted by Crippen LogP contribution is 2.34. The highest BCUT2D eigenvalue weighted by atomic mass is 19.4. The van der Waals surface area contributed by atoms with Crippen LogP contribution in [0.25, 0.3) is 0 Å². The van der Waals surface area contributed by atoms with E-state index in [0.717, 1.165) is 17.7 Å². The normalized spacial score (nSPS) is 14.4. The van der Waals surface area contributed by atoms with E-state index < -0.39 is 17.8 Å². The third-order valence-corrected chi connectivity index (χ3v) is 4.59. The van der Waals surface area contributed by atoms with Crippen LogP contribution in [0.1, 0.15) is 36.6 Å². The molecule has 2 aromatic rings. The SMILES string of the molecule is CC(C)C(NC(=O)NCc1cccc(C(F)(F)F)c1)c1ccc2c(c1)OCCO2. The summed E-state index contributed by atoms with van der Waals surface area (Å²) < 4.78 is 49.6. The molecule has 8 heteroatoms. The van der Waals surface area contributed by atoms with Gasteiger partial charge in [0.15, 0.2) is 11.5 Å². The second-order valence-corrected chi connectivity index (χ2v) is 7.15. The number of rotatable bonds is 5. The van der Waals surface area contributed by atoms with Gasteiger partial charge in [-0.05, 0) is 41.3 Å². The molecule has 1 aliphatic rings. The van der Waals surface area contributed by atoms with Crippen molar-refractivity contribution in [2.24, 2.45) is 5.92 Å². The molecule has 1 heterocycles. The molecule has 156 valence electrons. The first-order chi connectivity index (χ1) is 13.7. The summed E-state index contributed by atoms with van der Waals surface area (Å²) in [6.07, 6.45) is -4.42. The molecule has 3 rings (SSSR count). The largest absolute Gasteiger partial charge is 0.486 e. The van der Waals surface area contributed by atoms with E-state index in [2.05, 4.69) is 10.6 Å². The van der Waals surface area contributed by atoms with E-state index in [1.807, 2.05) is 26.0 Å². The van der Waals surface area contributed by atoms with E-state index in [0.29, 0.717) is 30.3 Å². The fourth-order valence-corrected chi connectivity index (χ4v) is 3.12. The number of amides is 2. The number of alkyl halides is 3. The summed E-state index contributed by atoms with van der Waals surface area (Å²) in [6, 6.07) is 9.64. The average Bonchev–Trinajstić information content (AvgIpc) is 2.69. The lowest BCUT2D eigenvalue weighted by molar-refractivity contribution is -0.137. The van der Waals surface area contributed by atoms with Crippen molar-refractivity contribution in [2.45, 2.75) is 32.6 Å². The second kappa shape index (κ2) is 8.63. The van der Waals surface area contributed by atoms with Crippen LogP contribution in [0.2, 0.25) is 0 Å². The summed E-state index contributed by atoms with van der Waals surface area (Å²) in [5, 5.41) is 5.51. The summed E-state index contributed by atoms with van der Waals surface area (Å²) in [4.78, 5) is 12.4. The number of fused-ring (bicyclic) bond motifs is 1. The third kappa shape index (κ3) is 5.34. The molecule has 1 aliphatic heterocycles. The number of urea groups is 1. The predicted molar refractivity (Wildman–Crippen MR) is 102 cm³/mol. The maximum atomic E-state index is 12.8. The highest BCUT2D eigenvalue weighted by Gasteiger charge is 2.30. The van der Waals surface area contributed by atoms with Crippen molar-refractivity contribution >= 4 is 6.03 Å². The van der Waals surface area contributed by atoms with Crippen molar-refractivity contribution in [2.75, 3.05) is 13.2 Å². The van der Waals surface area contributed by atoms with Crippen LogP contribution in [0.4, 0.5) is 18.0 Å². The van der Waals surface area contributed by atoms with E-state index in [1.165, 1.54) is 12.1 Å². The molecule has 0 aromatic heterocycles. The number of benzene rings is 2. The minimum Gasteiger partial charge on any atom is -0.486 e. The van der Waals surface area contributed by atoms with Crippen LogP contribution < -0.4 is 20.1 Å². The molecule has 2 N–H and O–H groups in total. The Morgan fingerprint density at radius 2 is 1.79 bits per heavy atom. The smallest absolute Gasteiger partial charge is 0.416 e. The summed E-state index contributed by atoms with van der Waals surface area (Å²) in [5.74, 6) is 1.37. The van der Waals surface area contributed by atoms with Crippen LogP contribution in [0.5, 0.6) is 11.5 Å². The van der Waals surface area contributed by atoms with Gasteiger partial charge in [-0.1, -0.05) is 32.0 Å². The van der Waals surface area contributed by atoms with Crippen LogP contribution in [0, 0.1) is 5.92 Å². The predicted octanol–water partition coefficient (Wildman–Crippen LogP) is 4.67. The molecule has 2 aromatic carbocycles. The molecule has 1 atom stereocenters. The lowest BCUT2D eigenvalue weighted by atomic mass is 9.95. The standard InChI is InChI=1S/C21H23F3N2O3/c1-13(2)19(15-6-7-17-18(11-15)29-9-8-28-17)26-20(27)25-12-14-4-3-5-16(10-14)21(22,23)24/h3-7,10-11,13,19H,8-9,12H2,1-2H3,(H2,25,26,27). The van der Waals surface area contributed by atoms with Crippen molar-refractivity contribution in [3.8, 4) is 11.5 Å². The number of ether oxygens (including phenoxy) is 2. The van der Waals surface area contributed by atoms with E-state index >= 15 is 0 Å².